The number of amidine groups is 1. The van der Waals surface area contributed by atoms with E-state index in [1.165, 1.54) is 30.1 Å². The SMILES string of the molecule is C#CCOc1ccc(C(=O)Cc2cc(F)c(F)c([C@@]3(C)N=C(N)S[C@@]4(CO)C[C@H]43)c2)nc1. The molecule has 9 heteroatoms. The van der Waals surface area contributed by atoms with Crippen LogP contribution in [0.1, 0.15) is 35.0 Å². The molecular weight excluding hydrogens is 436 g/mol. The lowest BCUT2D eigenvalue weighted by Gasteiger charge is -2.34. The molecule has 2 aromatic rings. The van der Waals surface area contributed by atoms with Gasteiger partial charge in [-0.3, -0.25) is 9.79 Å². The molecular formula is C23H21F2N3O3S. The Morgan fingerprint density at radius 3 is 2.88 bits per heavy atom. The van der Waals surface area contributed by atoms with Crippen LogP contribution in [-0.4, -0.2) is 39.0 Å². The number of aliphatic hydroxyl groups excluding tert-OH is 1. The van der Waals surface area contributed by atoms with E-state index in [4.69, 9.17) is 16.9 Å². The summed E-state index contributed by atoms with van der Waals surface area (Å²) in [5.41, 5.74) is 5.29. The third kappa shape index (κ3) is 3.85. The first-order valence-corrected chi connectivity index (χ1v) is 10.7. The lowest BCUT2D eigenvalue weighted by molar-refractivity contribution is 0.0988. The Kier molecular flexibility index (Phi) is 5.69. The predicted octanol–water partition coefficient (Wildman–Crippen LogP) is 2.82. The average molecular weight is 458 g/mol. The minimum atomic E-state index is -1.14. The third-order valence-corrected chi connectivity index (χ3v) is 7.25. The molecule has 3 N–H and O–H groups in total. The molecule has 166 valence electrons. The summed E-state index contributed by atoms with van der Waals surface area (Å²) in [6, 6.07) is 5.50. The number of carbonyl (C=O) groups excluding carboxylic acids is 1. The van der Waals surface area contributed by atoms with Gasteiger partial charge in [-0.15, -0.1) is 6.42 Å². The van der Waals surface area contributed by atoms with E-state index in [1.54, 1.807) is 13.0 Å². The molecule has 4 rings (SSSR count). The van der Waals surface area contributed by atoms with Crippen molar-refractivity contribution in [3.8, 4) is 18.1 Å². The number of aromatic nitrogens is 1. The molecule has 2 heterocycles. The van der Waals surface area contributed by atoms with E-state index in [0.717, 1.165) is 6.07 Å². The summed E-state index contributed by atoms with van der Waals surface area (Å²) in [4.78, 5) is 21.2. The molecule has 32 heavy (non-hydrogen) atoms. The number of fused-ring (bicyclic) bond motifs is 1. The number of nitrogens with two attached hydrogens (primary N) is 1. The summed E-state index contributed by atoms with van der Waals surface area (Å²) in [7, 11) is 0. The molecule has 0 bridgehead atoms. The van der Waals surface area contributed by atoms with Crippen LogP contribution >= 0.6 is 11.8 Å². The van der Waals surface area contributed by atoms with Crippen molar-refractivity contribution in [3.05, 3.63) is 58.9 Å². The quantitative estimate of drug-likeness (QED) is 0.490. The van der Waals surface area contributed by atoms with Gasteiger partial charge in [0.05, 0.1) is 23.1 Å². The van der Waals surface area contributed by atoms with Crippen molar-refractivity contribution in [3.63, 3.8) is 0 Å². The summed E-state index contributed by atoms with van der Waals surface area (Å²) in [5.74, 6) is 0.0874. The van der Waals surface area contributed by atoms with Crippen molar-refractivity contribution in [2.75, 3.05) is 13.2 Å². The second kappa shape index (κ2) is 8.19. The Morgan fingerprint density at radius 2 is 2.22 bits per heavy atom. The number of hydrogen-bond acceptors (Lipinski definition) is 7. The van der Waals surface area contributed by atoms with Gasteiger partial charge in [0.25, 0.3) is 0 Å². The maximum atomic E-state index is 14.9. The topological polar surface area (TPSA) is 97.8 Å². The minimum absolute atomic E-state index is 0.0230. The normalized spacial score (nSPS) is 26.0. The van der Waals surface area contributed by atoms with Crippen LogP contribution in [0.15, 0.2) is 35.5 Å². The van der Waals surface area contributed by atoms with Crippen molar-refractivity contribution in [2.45, 2.75) is 30.1 Å². The Bertz CT molecular complexity index is 1150. The number of nitrogens with zero attached hydrogens (tertiary/aromatic N) is 2. The Morgan fingerprint density at radius 1 is 1.44 bits per heavy atom. The number of aliphatic hydroxyl groups is 1. The van der Waals surface area contributed by atoms with Crippen LogP contribution in [0.4, 0.5) is 8.78 Å². The van der Waals surface area contributed by atoms with Crippen molar-refractivity contribution in [2.24, 2.45) is 16.6 Å². The number of Topliss-reactive ketones (excluding diaryl/α,β-unsaturated/α-hetero) is 1. The highest BCUT2D eigenvalue weighted by atomic mass is 32.2. The van der Waals surface area contributed by atoms with Gasteiger partial charge in [0.2, 0.25) is 0 Å². The number of aliphatic imine (C=N–C) groups is 1. The highest BCUT2D eigenvalue weighted by Gasteiger charge is 2.66. The van der Waals surface area contributed by atoms with Gasteiger partial charge in [-0.1, -0.05) is 17.7 Å². The molecule has 6 nitrogen and oxygen atoms in total. The van der Waals surface area contributed by atoms with Crippen LogP contribution in [0.3, 0.4) is 0 Å². The Hall–Kier alpha value is -2.96. The zero-order chi connectivity index (χ0) is 23.1. The summed E-state index contributed by atoms with van der Waals surface area (Å²) in [5, 5.41) is 10.0. The summed E-state index contributed by atoms with van der Waals surface area (Å²) in [6.45, 7) is 1.63. The van der Waals surface area contributed by atoms with E-state index in [0.29, 0.717) is 17.7 Å². The van der Waals surface area contributed by atoms with Crippen molar-refractivity contribution in [1.29, 1.82) is 0 Å². The standard InChI is InChI=1S/C23H21F2N3O3S/c1-3-6-31-14-4-5-17(27-11-14)18(30)9-13-7-15(20(25)16(24)8-13)22(2)19-10-23(19,12-29)32-21(26)28-22/h1,4-5,7-8,11,19,29H,6,9-10,12H2,2H3,(H2,26,28)/t19-,22+,23+/m0/s1. The second-order valence-corrected chi connectivity index (χ2v) is 9.53. The van der Waals surface area contributed by atoms with Crippen molar-refractivity contribution >= 4 is 22.7 Å². The number of halogens is 2. The van der Waals surface area contributed by atoms with Gasteiger partial charge >= 0.3 is 0 Å². The fourth-order valence-electron chi connectivity index (χ4n) is 4.25. The maximum absolute atomic E-state index is 14.9. The molecule has 0 amide bonds. The van der Waals surface area contributed by atoms with Crippen LogP contribution in [0.25, 0.3) is 0 Å². The first kappa shape index (κ1) is 22.2. The van der Waals surface area contributed by atoms with Gasteiger partial charge < -0.3 is 15.6 Å². The van der Waals surface area contributed by atoms with Crippen LogP contribution < -0.4 is 10.5 Å². The number of ketones is 1. The molecule has 1 aliphatic heterocycles. The first-order chi connectivity index (χ1) is 15.2. The van der Waals surface area contributed by atoms with E-state index in [9.17, 15) is 18.7 Å². The fourth-order valence-corrected chi connectivity index (χ4v) is 5.59. The Balaban J connectivity index is 1.62. The van der Waals surface area contributed by atoms with E-state index in [2.05, 4.69) is 15.9 Å². The highest BCUT2D eigenvalue weighted by molar-refractivity contribution is 8.15. The summed E-state index contributed by atoms with van der Waals surface area (Å²) >= 11 is 1.27. The van der Waals surface area contributed by atoms with Gasteiger partial charge in [-0.2, -0.15) is 0 Å². The number of terminal acetylenes is 1. The number of pyridine rings is 1. The third-order valence-electron chi connectivity index (χ3n) is 5.96. The smallest absolute Gasteiger partial charge is 0.185 e. The highest BCUT2D eigenvalue weighted by Crippen LogP contribution is 2.65. The van der Waals surface area contributed by atoms with Crippen LogP contribution in [0, 0.1) is 29.9 Å². The number of ether oxygens (including phenoxy) is 1. The van der Waals surface area contributed by atoms with E-state index >= 15 is 0 Å². The van der Waals surface area contributed by atoms with Crippen molar-refractivity contribution in [1.82, 2.24) is 4.98 Å². The summed E-state index contributed by atoms with van der Waals surface area (Å²) < 4.78 is 34.1. The zero-order valence-corrected chi connectivity index (χ0v) is 18.1. The molecule has 1 aromatic heterocycles. The number of hydrogen-bond donors (Lipinski definition) is 2. The zero-order valence-electron chi connectivity index (χ0n) is 17.3. The summed E-state index contributed by atoms with van der Waals surface area (Å²) in [6.07, 6.45) is 6.91. The van der Waals surface area contributed by atoms with E-state index in [-0.39, 0.29) is 47.8 Å². The lowest BCUT2D eigenvalue weighted by Crippen LogP contribution is -2.37. The number of thioether (sulfide) groups is 1. The molecule has 1 saturated carbocycles. The fraction of sp³-hybridized carbons (Fsp3) is 0.348. The molecule has 1 aromatic carbocycles. The van der Waals surface area contributed by atoms with E-state index < -0.39 is 21.9 Å². The molecule has 3 atom stereocenters. The van der Waals surface area contributed by atoms with Crippen LogP contribution in [0.2, 0.25) is 0 Å². The Labute approximate surface area is 188 Å². The molecule has 2 aliphatic rings. The largest absolute Gasteiger partial charge is 0.479 e. The molecule has 1 aliphatic carbocycles. The van der Waals surface area contributed by atoms with Gasteiger partial charge in [0.15, 0.2) is 22.6 Å². The number of benzene rings is 1. The average Bonchev–Trinajstić information content (AvgIpc) is 3.50. The lowest BCUT2D eigenvalue weighted by atomic mass is 9.84. The predicted molar refractivity (Wildman–Crippen MR) is 117 cm³/mol. The molecule has 0 unspecified atom stereocenters. The first-order valence-electron chi connectivity index (χ1n) is 9.91. The van der Waals surface area contributed by atoms with E-state index in [1.807, 2.05) is 0 Å². The molecule has 0 radical (unpaired) electrons. The molecule has 1 fully saturated rings. The maximum Gasteiger partial charge on any atom is 0.185 e. The van der Waals surface area contributed by atoms with Gasteiger partial charge in [-0.05, 0) is 43.2 Å². The van der Waals surface area contributed by atoms with Gasteiger partial charge in [0.1, 0.15) is 18.1 Å². The van der Waals surface area contributed by atoms with Crippen LogP contribution in [-0.2, 0) is 12.0 Å². The number of carbonyl (C=O) groups is 1. The molecule has 0 spiro atoms. The van der Waals surface area contributed by atoms with Crippen LogP contribution in [0.5, 0.6) is 5.75 Å². The van der Waals surface area contributed by atoms with Crippen molar-refractivity contribution < 1.29 is 23.4 Å². The monoisotopic (exact) mass is 457 g/mol. The second-order valence-electron chi connectivity index (χ2n) is 8.09. The number of rotatable bonds is 7. The van der Waals surface area contributed by atoms with Gasteiger partial charge in [0, 0.05) is 17.9 Å². The van der Waals surface area contributed by atoms with Gasteiger partial charge in [-0.25, -0.2) is 13.8 Å². The minimum Gasteiger partial charge on any atom is -0.479 e. The molecule has 0 saturated heterocycles.